The highest BCUT2D eigenvalue weighted by atomic mass is 32.2. The van der Waals surface area contributed by atoms with E-state index >= 15 is 0 Å². The summed E-state index contributed by atoms with van der Waals surface area (Å²) in [5, 5.41) is 12.7. The maximum atomic E-state index is 13.6. The molecule has 0 bridgehead atoms. The number of carboxylic acid groups (broad SMARTS) is 1. The van der Waals surface area contributed by atoms with Gasteiger partial charge in [0.25, 0.3) is 17.2 Å². The van der Waals surface area contributed by atoms with Crippen molar-refractivity contribution in [1.82, 2.24) is 5.32 Å². The second kappa shape index (κ2) is 9.92. The minimum absolute atomic E-state index is 0.0320. The van der Waals surface area contributed by atoms with Gasteiger partial charge in [0.1, 0.15) is 17.2 Å². The van der Waals surface area contributed by atoms with Crippen LogP contribution in [0.1, 0.15) is 50.6 Å². The lowest BCUT2D eigenvalue weighted by atomic mass is 9.97. The van der Waals surface area contributed by atoms with E-state index in [1.54, 1.807) is 6.07 Å². The van der Waals surface area contributed by atoms with E-state index in [1.165, 1.54) is 49.5 Å². The maximum absolute atomic E-state index is 13.6. The number of furan rings is 1. The van der Waals surface area contributed by atoms with Crippen molar-refractivity contribution in [2.75, 3.05) is 17.1 Å². The van der Waals surface area contributed by atoms with Gasteiger partial charge in [-0.2, -0.15) is 0 Å². The zero-order valence-electron chi connectivity index (χ0n) is 20.2. The van der Waals surface area contributed by atoms with Gasteiger partial charge in [-0.05, 0) is 84.5 Å². The molecule has 0 aliphatic heterocycles. The zero-order valence-corrected chi connectivity index (χ0v) is 21.0. The lowest BCUT2D eigenvalue weighted by Crippen LogP contribution is -2.25. The Morgan fingerprint density at radius 3 is 2.47 bits per heavy atom. The minimum Gasteiger partial charge on any atom is -0.478 e. The number of carbonyl (C=O) groups is 2. The van der Waals surface area contributed by atoms with Crippen LogP contribution in [0.5, 0.6) is 0 Å². The first-order chi connectivity index (χ1) is 18.2. The Kier molecular flexibility index (Phi) is 6.64. The number of hydrogen-bond donors (Lipinski definition) is 4. The Morgan fingerprint density at radius 1 is 1.16 bits per heavy atom. The van der Waals surface area contributed by atoms with E-state index in [0.29, 0.717) is 27.7 Å². The van der Waals surface area contributed by atoms with Crippen molar-refractivity contribution in [3.63, 3.8) is 0 Å². The molecule has 5 rings (SSSR count). The van der Waals surface area contributed by atoms with Crippen LogP contribution in [0.2, 0.25) is 0 Å². The van der Waals surface area contributed by atoms with Crippen LogP contribution < -0.4 is 15.4 Å². The molecule has 1 fully saturated rings. The predicted molar refractivity (Wildman–Crippen MR) is 142 cm³/mol. The van der Waals surface area contributed by atoms with Crippen LogP contribution >= 0.6 is 0 Å². The molecule has 11 heteroatoms. The number of fused-ring (bicyclic) bond motifs is 1. The van der Waals surface area contributed by atoms with Gasteiger partial charge in [0, 0.05) is 23.7 Å². The van der Waals surface area contributed by atoms with Crippen LogP contribution in [0.4, 0.5) is 15.8 Å². The topological polar surface area (TPSA) is 146 Å². The molecule has 0 spiro atoms. The SMILES string of the molecule is CNC(=O)c1c(-c2ccc(F)cc2)oc2cc(CN(c3ccc(N)c(C(=O)O)c3)S(=O)O)c(C3CC3)cc12. The molecule has 4 aromatic rings. The fourth-order valence-corrected chi connectivity index (χ4v) is 5.09. The number of nitrogens with one attached hydrogen (secondary N) is 1. The maximum Gasteiger partial charge on any atom is 0.337 e. The number of halogens is 1. The summed E-state index contributed by atoms with van der Waals surface area (Å²) in [6.07, 6.45) is 1.84. The second-order valence-corrected chi connectivity index (χ2v) is 9.96. The smallest absolute Gasteiger partial charge is 0.337 e. The van der Waals surface area contributed by atoms with Crippen LogP contribution in [-0.2, 0) is 17.8 Å². The van der Waals surface area contributed by atoms with Crippen molar-refractivity contribution in [3.8, 4) is 11.3 Å². The quantitative estimate of drug-likeness (QED) is 0.185. The number of aromatic carboxylic acids is 1. The van der Waals surface area contributed by atoms with Crippen LogP contribution in [0.3, 0.4) is 0 Å². The number of rotatable bonds is 8. The first-order valence-electron chi connectivity index (χ1n) is 11.8. The molecule has 196 valence electrons. The molecule has 0 radical (unpaired) electrons. The van der Waals surface area contributed by atoms with E-state index in [0.717, 1.165) is 22.7 Å². The lowest BCUT2D eigenvalue weighted by molar-refractivity contribution is 0.0697. The van der Waals surface area contributed by atoms with Crippen molar-refractivity contribution >= 4 is 45.5 Å². The van der Waals surface area contributed by atoms with Gasteiger partial charge in [0.2, 0.25) is 0 Å². The number of nitrogens with two attached hydrogens (primary N) is 1. The summed E-state index contributed by atoms with van der Waals surface area (Å²) in [6, 6.07) is 13.3. The number of anilines is 2. The van der Waals surface area contributed by atoms with E-state index in [9.17, 15) is 27.8 Å². The van der Waals surface area contributed by atoms with E-state index < -0.39 is 23.1 Å². The van der Waals surface area contributed by atoms with Crippen molar-refractivity contribution in [1.29, 1.82) is 0 Å². The summed E-state index contributed by atoms with van der Waals surface area (Å²) >= 11 is -2.49. The Morgan fingerprint density at radius 2 is 1.87 bits per heavy atom. The Labute approximate surface area is 219 Å². The highest BCUT2D eigenvalue weighted by Crippen LogP contribution is 2.45. The number of benzene rings is 3. The fourth-order valence-electron chi connectivity index (χ4n) is 4.54. The van der Waals surface area contributed by atoms with Crippen LogP contribution in [0.15, 0.2) is 59.0 Å². The third kappa shape index (κ3) is 4.73. The number of nitrogen functional groups attached to an aromatic ring is 1. The summed E-state index contributed by atoms with van der Waals surface area (Å²) < 4.78 is 43.3. The van der Waals surface area contributed by atoms with E-state index in [4.69, 9.17) is 10.2 Å². The first kappa shape index (κ1) is 25.4. The summed E-state index contributed by atoms with van der Waals surface area (Å²) in [5.41, 5.74) is 8.64. The van der Waals surface area contributed by atoms with Gasteiger partial charge in [0.15, 0.2) is 0 Å². The first-order valence-corrected chi connectivity index (χ1v) is 12.8. The number of nitrogens with zero attached hydrogens (tertiary/aromatic N) is 1. The molecular formula is C27H24FN3O6S. The summed E-state index contributed by atoms with van der Waals surface area (Å²) in [5.74, 6) is -1.55. The van der Waals surface area contributed by atoms with Gasteiger partial charge >= 0.3 is 5.97 Å². The molecule has 1 heterocycles. The van der Waals surface area contributed by atoms with Gasteiger partial charge in [-0.15, -0.1) is 0 Å². The molecular weight excluding hydrogens is 513 g/mol. The minimum atomic E-state index is -2.49. The Bertz CT molecular complexity index is 1600. The number of carbonyl (C=O) groups excluding carboxylic acids is 1. The largest absolute Gasteiger partial charge is 0.478 e. The van der Waals surface area contributed by atoms with Crippen molar-refractivity contribution in [2.24, 2.45) is 0 Å². The average Bonchev–Trinajstić information content (AvgIpc) is 3.67. The highest BCUT2D eigenvalue weighted by Gasteiger charge is 2.31. The molecule has 9 nitrogen and oxygen atoms in total. The predicted octanol–water partition coefficient (Wildman–Crippen LogP) is 4.90. The van der Waals surface area contributed by atoms with Gasteiger partial charge in [0.05, 0.1) is 23.4 Å². The van der Waals surface area contributed by atoms with E-state index in [1.807, 2.05) is 6.07 Å². The van der Waals surface area contributed by atoms with Gasteiger partial charge in [-0.3, -0.25) is 13.7 Å². The molecule has 0 saturated heterocycles. The van der Waals surface area contributed by atoms with Crippen molar-refractivity contribution in [3.05, 3.63) is 82.7 Å². The van der Waals surface area contributed by atoms with Crippen LogP contribution in [0.25, 0.3) is 22.3 Å². The average molecular weight is 538 g/mol. The lowest BCUT2D eigenvalue weighted by Gasteiger charge is -2.22. The molecule has 1 aromatic heterocycles. The van der Waals surface area contributed by atoms with Crippen LogP contribution in [-0.4, -0.2) is 32.8 Å². The standard InChI is InChI=1S/C27H24FN3O6S/c1-30-26(32)24-21-12-19(14-2-3-14)16(10-23(21)37-25(24)15-4-6-17(28)7-5-15)13-31(38(35)36)18-8-9-22(29)20(11-18)27(33)34/h4-12,14H,2-3,13,29H2,1H3,(H,30,32)(H,33,34)(H,35,36). The summed E-state index contributed by atoms with van der Waals surface area (Å²) in [7, 11) is 1.51. The summed E-state index contributed by atoms with van der Waals surface area (Å²) in [6.45, 7) is -0.0320. The van der Waals surface area contributed by atoms with Crippen LogP contribution in [0, 0.1) is 5.82 Å². The number of amides is 1. The Hall–Kier alpha value is -4.22. The van der Waals surface area contributed by atoms with Gasteiger partial charge < -0.3 is 20.6 Å². The molecule has 1 aliphatic rings. The van der Waals surface area contributed by atoms with E-state index in [2.05, 4.69) is 5.32 Å². The second-order valence-electron chi connectivity index (χ2n) is 9.06. The normalized spacial score (nSPS) is 13.9. The third-order valence-electron chi connectivity index (χ3n) is 6.59. The molecule has 1 saturated carbocycles. The molecule has 3 aromatic carbocycles. The van der Waals surface area contributed by atoms with Crippen molar-refractivity contribution < 1.29 is 32.3 Å². The third-order valence-corrected chi connectivity index (χ3v) is 7.30. The highest BCUT2D eigenvalue weighted by molar-refractivity contribution is 7.80. The van der Waals surface area contributed by atoms with Gasteiger partial charge in [-0.25, -0.2) is 13.4 Å². The van der Waals surface area contributed by atoms with Gasteiger partial charge in [-0.1, -0.05) is 0 Å². The number of hydrogen-bond acceptors (Lipinski definition) is 5. The monoisotopic (exact) mass is 537 g/mol. The Balaban J connectivity index is 1.65. The molecule has 1 unspecified atom stereocenters. The molecule has 1 atom stereocenters. The summed E-state index contributed by atoms with van der Waals surface area (Å²) in [4.78, 5) is 24.5. The molecule has 38 heavy (non-hydrogen) atoms. The number of carboxylic acids is 1. The molecule has 1 amide bonds. The molecule has 5 N–H and O–H groups in total. The molecule has 1 aliphatic carbocycles. The van der Waals surface area contributed by atoms with E-state index in [-0.39, 0.29) is 41.1 Å². The zero-order chi connectivity index (χ0) is 27.1. The fraction of sp³-hybridized carbons (Fsp3) is 0.185. The van der Waals surface area contributed by atoms with Crippen molar-refractivity contribution in [2.45, 2.75) is 25.3 Å².